The Hall–Kier alpha value is -0.950. The monoisotopic (exact) mass is 392 g/mol. The van der Waals surface area contributed by atoms with Crippen LogP contribution in [0.25, 0.3) is 0 Å². The molecule has 7 heteroatoms. The molecule has 1 rings (SSSR count). The molecular formula is C12H14Br2N2O3. The summed E-state index contributed by atoms with van der Waals surface area (Å²) in [5.41, 5.74) is 0.165. The normalized spacial score (nSPS) is 13.7. The molecular weight excluding hydrogens is 380 g/mol. The Kier molecular flexibility index (Phi) is 5.93. The number of rotatable bonds is 5. The van der Waals surface area contributed by atoms with E-state index in [1.54, 1.807) is 13.0 Å². The van der Waals surface area contributed by atoms with Gasteiger partial charge in [0.25, 0.3) is 5.91 Å². The molecule has 0 fully saturated rings. The van der Waals surface area contributed by atoms with Gasteiger partial charge in [0.15, 0.2) is 0 Å². The van der Waals surface area contributed by atoms with Gasteiger partial charge in [0, 0.05) is 10.7 Å². The number of nitrogens with one attached hydrogen (secondary N) is 1. The van der Waals surface area contributed by atoms with Crippen molar-refractivity contribution in [1.29, 1.82) is 0 Å². The molecule has 0 bridgehead atoms. The Labute approximate surface area is 128 Å². The average molecular weight is 394 g/mol. The number of carbonyl (C=O) groups is 2. The molecule has 0 aliphatic carbocycles. The van der Waals surface area contributed by atoms with Gasteiger partial charge in [0.1, 0.15) is 11.7 Å². The minimum Gasteiger partial charge on any atom is -0.480 e. The van der Waals surface area contributed by atoms with Crippen LogP contribution in [0.3, 0.4) is 0 Å². The Balaban J connectivity index is 2.91. The summed E-state index contributed by atoms with van der Waals surface area (Å²) in [5, 5.41) is 11.6. The van der Waals surface area contributed by atoms with Gasteiger partial charge in [-0.2, -0.15) is 0 Å². The smallest absolute Gasteiger partial charge is 0.326 e. The van der Waals surface area contributed by atoms with Gasteiger partial charge in [-0.25, -0.2) is 9.78 Å². The van der Waals surface area contributed by atoms with E-state index in [0.717, 1.165) is 4.47 Å². The molecule has 0 unspecified atom stereocenters. The fraction of sp³-hybridized carbons (Fsp3) is 0.417. The fourth-order valence-electron chi connectivity index (χ4n) is 1.47. The first-order valence-corrected chi connectivity index (χ1v) is 7.30. The van der Waals surface area contributed by atoms with Gasteiger partial charge in [-0.3, -0.25) is 4.79 Å². The molecule has 0 saturated carbocycles. The minimum absolute atomic E-state index is 0.157. The summed E-state index contributed by atoms with van der Waals surface area (Å²) in [7, 11) is 0. The molecule has 1 aromatic rings. The molecule has 0 aliphatic heterocycles. The van der Waals surface area contributed by atoms with Crippen molar-refractivity contribution in [1.82, 2.24) is 10.3 Å². The second-order valence-electron chi connectivity index (χ2n) is 4.16. The Morgan fingerprint density at radius 2 is 2.11 bits per heavy atom. The summed E-state index contributed by atoms with van der Waals surface area (Å²) < 4.78 is 1.24. The van der Waals surface area contributed by atoms with Crippen molar-refractivity contribution in [3.63, 3.8) is 0 Å². The number of hydrogen-bond acceptors (Lipinski definition) is 3. The SMILES string of the molecule is CC[C@H](C)[C@H](NC(=O)c1ncc(Br)cc1Br)C(=O)O. The van der Waals surface area contributed by atoms with E-state index in [2.05, 4.69) is 42.2 Å². The van der Waals surface area contributed by atoms with Gasteiger partial charge in [-0.05, 0) is 43.8 Å². The number of hydrogen-bond donors (Lipinski definition) is 2. The second kappa shape index (κ2) is 7.00. The van der Waals surface area contributed by atoms with E-state index in [1.807, 2.05) is 6.92 Å². The third kappa shape index (κ3) is 4.28. The first-order chi connectivity index (χ1) is 8.86. The lowest BCUT2D eigenvalue weighted by atomic mass is 9.99. The molecule has 0 saturated heterocycles. The number of pyridine rings is 1. The third-order valence-corrected chi connectivity index (χ3v) is 3.83. The first-order valence-electron chi connectivity index (χ1n) is 5.71. The number of halogens is 2. The topological polar surface area (TPSA) is 79.3 Å². The van der Waals surface area contributed by atoms with Crippen LogP contribution in [0.4, 0.5) is 0 Å². The predicted octanol–water partition coefficient (Wildman–Crippen LogP) is 2.84. The largest absolute Gasteiger partial charge is 0.480 e. The number of aromatic nitrogens is 1. The van der Waals surface area contributed by atoms with Crippen LogP contribution >= 0.6 is 31.9 Å². The van der Waals surface area contributed by atoms with E-state index in [4.69, 9.17) is 5.11 Å². The van der Waals surface area contributed by atoms with Gasteiger partial charge in [0.05, 0.1) is 4.47 Å². The van der Waals surface area contributed by atoms with Crippen LogP contribution in [0.5, 0.6) is 0 Å². The summed E-state index contributed by atoms with van der Waals surface area (Å²) in [6.07, 6.45) is 2.14. The van der Waals surface area contributed by atoms with Crippen LogP contribution in [0.2, 0.25) is 0 Å². The summed E-state index contributed by atoms with van der Waals surface area (Å²) >= 11 is 6.46. The van der Waals surface area contributed by atoms with Gasteiger partial charge in [0.2, 0.25) is 0 Å². The highest BCUT2D eigenvalue weighted by molar-refractivity contribution is 9.11. The number of carbonyl (C=O) groups excluding carboxylic acids is 1. The van der Waals surface area contributed by atoms with Crippen molar-refractivity contribution in [2.24, 2.45) is 5.92 Å². The van der Waals surface area contributed by atoms with Gasteiger partial charge >= 0.3 is 5.97 Å². The summed E-state index contributed by atoms with van der Waals surface area (Å²) in [5.74, 6) is -1.71. The van der Waals surface area contributed by atoms with Crippen LogP contribution in [0, 0.1) is 5.92 Å². The van der Waals surface area contributed by atoms with E-state index >= 15 is 0 Å². The van der Waals surface area contributed by atoms with E-state index in [-0.39, 0.29) is 11.6 Å². The van der Waals surface area contributed by atoms with E-state index in [0.29, 0.717) is 10.9 Å². The van der Waals surface area contributed by atoms with E-state index < -0.39 is 17.9 Å². The molecule has 0 aromatic carbocycles. The van der Waals surface area contributed by atoms with E-state index in [1.165, 1.54) is 6.20 Å². The predicted molar refractivity (Wildman–Crippen MR) is 78.0 cm³/mol. The zero-order valence-electron chi connectivity index (χ0n) is 10.5. The molecule has 1 aromatic heterocycles. The molecule has 0 radical (unpaired) electrons. The Morgan fingerprint density at radius 3 is 2.58 bits per heavy atom. The van der Waals surface area contributed by atoms with Crippen molar-refractivity contribution in [2.75, 3.05) is 0 Å². The van der Waals surface area contributed by atoms with Crippen molar-refractivity contribution < 1.29 is 14.7 Å². The molecule has 19 heavy (non-hydrogen) atoms. The number of carboxylic acids is 1. The second-order valence-corrected chi connectivity index (χ2v) is 5.93. The average Bonchev–Trinajstić information content (AvgIpc) is 2.34. The van der Waals surface area contributed by atoms with Crippen molar-refractivity contribution in [3.05, 3.63) is 26.9 Å². The van der Waals surface area contributed by atoms with Crippen LogP contribution < -0.4 is 5.32 Å². The molecule has 5 nitrogen and oxygen atoms in total. The number of aliphatic carboxylic acids is 1. The maximum Gasteiger partial charge on any atom is 0.326 e. The number of carboxylic acid groups (broad SMARTS) is 1. The molecule has 104 valence electrons. The molecule has 1 heterocycles. The molecule has 2 atom stereocenters. The molecule has 1 amide bonds. The highest BCUT2D eigenvalue weighted by Gasteiger charge is 2.26. The number of amides is 1. The maximum absolute atomic E-state index is 12.0. The van der Waals surface area contributed by atoms with Crippen LogP contribution in [0.1, 0.15) is 30.8 Å². The van der Waals surface area contributed by atoms with Gasteiger partial charge in [-0.1, -0.05) is 20.3 Å². The molecule has 0 aliphatic rings. The van der Waals surface area contributed by atoms with Crippen LogP contribution in [-0.4, -0.2) is 28.0 Å². The lowest BCUT2D eigenvalue weighted by Crippen LogP contribution is -2.45. The van der Waals surface area contributed by atoms with Crippen molar-refractivity contribution in [3.8, 4) is 0 Å². The Bertz CT molecular complexity index is 494. The first kappa shape index (κ1) is 16.1. The lowest BCUT2D eigenvalue weighted by Gasteiger charge is -2.20. The third-order valence-electron chi connectivity index (χ3n) is 2.79. The van der Waals surface area contributed by atoms with E-state index in [9.17, 15) is 9.59 Å². The van der Waals surface area contributed by atoms with Crippen molar-refractivity contribution >= 4 is 43.7 Å². The number of nitrogens with zero attached hydrogens (tertiary/aromatic N) is 1. The van der Waals surface area contributed by atoms with Gasteiger partial charge in [-0.15, -0.1) is 0 Å². The summed E-state index contributed by atoms with van der Waals surface area (Å²) in [6, 6.07) is 0.760. The zero-order valence-corrected chi connectivity index (χ0v) is 13.7. The molecule has 2 N–H and O–H groups in total. The minimum atomic E-state index is -1.05. The summed E-state index contributed by atoms with van der Waals surface area (Å²) in [4.78, 5) is 27.2. The summed E-state index contributed by atoms with van der Waals surface area (Å²) in [6.45, 7) is 3.66. The standard InChI is InChI=1S/C12H14Br2N2O3/c1-3-6(2)9(12(18)19)16-11(17)10-8(14)4-7(13)5-15-10/h4-6,9H,3H2,1-2H3,(H,16,17)(H,18,19)/t6-,9-/m0/s1. The zero-order chi connectivity index (χ0) is 14.6. The molecule has 0 spiro atoms. The highest BCUT2D eigenvalue weighted by atomic mass is 79.9. The Morgan fingerprint density at radius 1 is 1.47 bits per heavy atom. The van der Waals surface area contributed by atoms with Crippen molar-refractivity contribution in [2.45, 2.75) is 26.3 Å². The van der Waals surface area contributed by atoms with Crippen LogP contribution in [0.15, 0.2) is 21.2 Å². The maximum atomic E-state index is 12.0. The lowest BCUT2D eigenvalue weighted by molar-refractivity contribution is -0.140. The highest BCUT2D eigenvalue weighted by Crippen LogP contribution is 2.20. The quantitative estimate of drug-likeness (QED) is 0.806. The fourth-order valence-corrected chi connectivity index (χ4v) is 2.64. The van der Waals surface area contributed by atoms with Gasteiger partial charge < -0.3 is 10.4 Å². The van der Waals surface area contributed by atoms with Crippen LogP contribution in [-0.2, 0) is 4.79 Å².